The van der Waals surface area contributed by atoms with Crippen molar-refractivity contribution in [1.82, 2.24) is 29.9 Å². The largest absolute Gasteiger partial charge is 0.376 e. The van der Waals surface area contributed by atoms with E-state index in [0.717, 1.165) is 25.0 Å². The SMILES string of the molecule is Fc1ccc(-c2nnc(SCc3nc(-c4ccccn4)no3)n2CC2CCCO2)cc1. The van der Waals surface area contributed by atoms with Gasteiger partial charge in [-0.15, -0.1) is 10.2 Å². The second-order valence-electron chi connectivity index (χ2n) is 7.07. The van der Waals surface area contributed by atoms with Crippen molar-refractivity contribution in [3.63, 3.8) is 0 Å². The van der Waals surface area contributed by atoms with Crippen molar-refractivity contribution in [1.29, 1.82) is 0 Å². The van der Waals surface area contributed by atoms with Crippen LogP contribution in [0.4, 0.5) is 4.39 Å². The lowest BCUT2D eigenvalue weighted by Gasteiger charge is -2.14. The Hall–Kier alpha value is -3.11. The smallest absolute Gasteiger partial charge is 0.237 e. The number of thioether (sulfide) groups is 1. The first-order valence-electron chi connectivity index (χ1n) is 9.94. The van der Waals surface area contributed by atoms with Crippen molar-refractivity contribution >= 4 is 11.8 Å². The minimum atomic E-state index is -0.288. The van der Waals surface area contributed by atoms with Gasteiger partial charge in [-0.25, -0.2) is 4.39 Å². The number of hydrogen-bond donors (Lipinski definition) is 0. The van der Waals surface area contributed by atoms with Crippen LogP contribution in [0.15, 0.2) is 58.3 Å². The Kier molecular flexibility index (Phi) is 5.72. The summed E-state index contributed by atoms with van der Waals surface area (Å²) in [5.74, 6) is 1.75. The highest BCUT2D eigenvalue weighted by Crippen LogP contribution is 2.28. The maximum absolute atomic E-state index is 13.4. The van der Waals surface area contributed by atoms with Gasteiger partial charge in [-0.05, 0) is 49.2 Å². The first kappa shape index (κ1) is 19.8. The van der Waals surface area contributed by atoms with Crippen LogP contribution >= 0.6 is 11.8 Å². The summed E-state index contributed by atoms with van der Waals surface area (Å²) in [6.07, 6.45) is 3.82. The van der Waals surface area contributed by atoms with Gasteiger partial charge >= 0.3 is 0 Å². The summed E-state index contributed by atoms with van der Waals surface area (Å²) in [5, 5.41) is 13.4. The number of pyridine rings is 1. The molecule has 3 aromatic heterocycles. The monoisotopic (exact) mass is 438 g/mol. The van der Waals surface area contributed by atoms with Gasteiger partial charge < -0.3 is 9.26 Å². The molecule has 1 atom stereocenters. The molecule has 1 aliphatic heterocycles. The highest BCUT2D eigenvalue weighted by molar-refractivity contribution is 7.98. The van der Waals surface area contributed by atoms with E-state index in [2.05, 4.69) is 25.3 Å². The van der Waals surface area contributed by atoms with Crippen molar-refractivity contribution < 1.29 is 13.7 Å². The van der Waals surface area contributed by atoms with Crippen LogP contribution in [0.25, 0.3) is 22.9 Å². The molecule has 5 rings (SSSR count). The van der Waals surface area contributed by atoms with E-state index in [9.17, 15) is 4.39 Å². The number of halogens is 1. The third-order valence-corrected chi connectivity index (χ3v) is 5.87. The summed E-state index contributed by atoms with van der Waals surface area (Å²) in [4.78, 5) is 8.65. The summed E-state index contributed by atoms with van der Waals surface area (Å²) in [5.41, 5.74) is 1.46. The lowest BCUT2D eigenvalue weighted by atomic mass is 10.2. The lowest BCUT2D eigenvalue weighted by Crippen LogP contribution is -2.16. The maximum Gasteiger partial charge on any atom is 0.237 e. The molecule has 0 amide bonds. The van der Waals surface area contributed by atoms with Gasteiger partial charge in [0, 0.05) is 18.4 Å². The Bertz CT molecular complexity index is 1140. The lowest BCUT2D eigenvalue weighted by molar-refractivity contribution is 0.0953. The van der Waals surface area contributed by atoms with Crippen molar-refractivity contribution in [2.75, 3.05) is 6.61 Å². The minimum Gasteiger partial charge on any atom is -0.376 e. The molecule has 0 saturated carbocycles. The first-order chi connectivity index (χ1) is 15.3. The van der Waals surface area contributed by atoms with Crippen LogP contribution in [0.1, 0.15) is 18.7 Å². The fraction of sp³-hybridized carbons (Fsp3) is 0.286. The van der Waals surface area contributed by atoms with E-state index >= 15 is 0 Å². The van der Waals surface area contributed by atoms with Gasteiger partial charge in [-0.3, -0.25) is 9.55 Å². The van der Waals surface area contributed by atoms with Crippen molar-refractivity contribution in [3.8, 4) is 22.9 Å². The highest BCUT2D eigenvalue weighted by atomic mass is 32.2. The van der Waals surface area contributed by atoms with Crippen molar-refractivity contribution in [2.24, 2.45) is 0 Å². The minimum absolute atomic E-state index is 0.105. The summed E-state index contributed by atoms with van der Waals surface area (Å²) >= 11 is 1.45. The van der Waals surface area contributed by atoms with Crippen LogP contribution in [-0.2, 0) is 17.0 Å². The van der Waals surface area contributed by atoms with Gasteiger partial charge in [-0.2, -0.15) is 4.98 Å². The topological polar surface area (TPSA) is 91.8 Å². The Labute approximate surface area is 181 Å². The van der Waals surface area contributed by atoms with Gasteiger partial charge in [0.15, 0.2) is 11.0 Å². The maximum atomic E-state index is 13.4. The van der Waals surface area contributed by atoms with Crippen molar-refractivity contribution in [2.45, 2.75) is 36.4 Å². The molecule has 1 saturated heterocycles. The van der Waals surface area contributed by atoms with Gasteiger partial charge in [-0.1, -0.05) is 23.0 Å². The quantitative estimate of drug-likeness (QED) is 0.400. The van der Waals surface area contributed by atoms with Crippen LogP contribution in [0, 0.1) is 5.82 Å². The Balaban J connectivity index is 1.37. The van der Waals surface area contributed by atoms with Gasteiger partial charge in [0.05, 0.1) is 18.4 Å². The van der Waals surface area contributed by atoms with E-state index in [4.69, 9.17) is 9.26 Å². The van der Waals surface area contributed by atoms with E-state index in [1.165, 1.54) is 23.9 Å². The number of rotatable bonds is 7. The number of hydrogen-bond acceptors (Lipinski definition) is 8. The predicted octanol–water partition coefficient (Wildman–Crippen LogP) is 4.00. The van der Waals surface area contributed by atoms with E-state index in [1.807, 2.05) is 22.8 Å². The van der Waals surface area contributed by atoms with Gasteiger partial charge in [0.2, 0.25) is 11.7 Å². The molecule has 4 aromatic rings. The molecule has 1 unspecified atom stereocenters. The zero-order chi connectivity index (χ0) is 21.0. The van der Waals surface area contributed by atoms with Gasteiger partial charge in [0.1, 0.15) is 11.5 Å². The Morgan fingerprint density at radius 1 is 1.13 bits per heavy atom. The molecule has 0 aliphatic carbocycles. The van der Waals surface area contributed by atoms with E-state index in [1.54, 1.807) is 18.3 Å². The van der Waals surface area contributed by atoms with Crippen LogP contribution in [0.3, 0.4) is 0 Å². The molecule has 4 heterocycles. The van der Waals surface area contributed by atoms with Crippen LogP contribution < -0.4 is 0 Å². The van der Waals surface area contributed by atoms with Crippen LogP contribution in [-0.4, -0.2) is 42.6 Å². The molecule has 1 aromatic carbocycles. The van der Waals surface area contributed by atoms with E-state index < -0.39 is 0 Å². The average molecular weight is 438 g/mol. The molecule has 10 heteroatoms. The second-order valence-corrected chi connectivity index (χ2v) is 8.02. The Morgan fingerprint density at radius 3 is 2.81 bits per heavy atom. The Morgan fingerprint density at radius 2 is 2.03 bits per heavy atom. The number of benzene rings is 1. The molecular weight excluding hydrogens is 419 g/mol. The second kappa shape index (κ2) is 8.94. The molecule has 158 valence electrons. The molecule has 0 radical (unpaired) electrons. The van der Waals surface area contributed by atoms with Crippen LogP contribution in [0.5, 0.6) is 0 Å². The molecule has 31 heavy (non-hydrogen) atoms. The van der Waals surface area contributed by atoms with Crippen LogP contribution in [0.2, 0.25) is 0 Å². The zero-order valence-corrected chi connectivity index (χ0v) is 17.3. The zero-order valence-electron chi connectivity index (χ0n) is 16.5. The number of aromatic nitrogens is 6. The van der Waals surface area contributed by atoms with Gasteiger partial charge in [0.25, 0.3) is 0 Å². The highest BCUT2D eigenvalue weighted by Gasteiger charge is 2.22. The fourth-order valence-electron chi connectivity index (χ4n) is 3.40. The standard InChI is InChI=1S/C21H19FN6O2S/c22-15-8-6-14(7-9-15)20-25-26-21(28(20)12-16-4-3-11-29-16)31-13-18-24-19(27-30-18)17-5-1-2-10-23-17/h1-2,5-10,16H,3-4,11-13H2. The summed E-state index contributed by atoms with van der Waals surface area (Å²) in [7, 11) is 0. The van der Waals surface area contributed by atoms with E-state index in [-0.39, 0.29) is 11.9 Å². The molecule has 1 aliphatic rings. The normalized spacial score (nSPS) is 16.1. The molecule has 0 spiro atoms. The number of ether oxygens (including phenoxy) is 1. The summed E-state index contributed by atoms with van der Waals surface area (Å²) in [6.45, 7) is 1.39. The fourth-order valence-corrected chi connectivity index (χ4v) is 4.19. The average Bonchev–Trinajstić information content (AvgIpc) is 3.56. The first-order valence-corrected chi connectivity index (χ1v) is 10.9. The molecule has 8 nitrogen and oxygen atoms in total. The predicted molar refractivity (Wildman–Crippen MR) is 111 cm³/mol. The third kappa shape index (κ3) is 4.49. The van der Waals surface area contributed by atoms with E-state index in [0.29, 0.717) is 40.7 Å². The summed E-state index contributed by atoms with van der Waals surface area (Å²) < 4.78 is 26.6. The third-order valence-electron chi connectivity index (χ3n) is 4.92. The molecule has 0 bridgehead atoms. The summed E-state index contributed by atoms with van der Waals surface area (Å²) in [6, 6.07) is 11.8. The molecule has 1 fully saturated rings. The number of nitrogens with zero attached hydrogens (tertiary/aromatic N) is 6. The molecular formula is C21H19FN6O2S. The van der Waals surface area contributed by atoms with Crippen molar-refractivity contribution in [3.05, 3.63) is 60.4 Å². The molecule has 0 N–H and O–H groups in total.